The van der Waals surface area contributed by atoms with E-state index in [1.165, 1.54) is 16.4 Å². The van der Waals surface area contributed by atoms with Crippen molar-refractivity contribution >= 4 is 26.0 Å². The van der Waals surface area contributed by atoms with Crippen LogP contribution in [0.2, 0.25) is 0 Å². The molecule has 0 amide bonds. The van der Waals surface area contributed by atoms with Crippen LogP contribution in [0.4, 0.5) is 4.39 Å². The van der Waals surface area contributed by atoms with Gasteiger partial charge in [0, 0.05) is 12.6 Å². The van der Waals surface area contributed by atoms with Crippen LogP contribution in [0.3, 0.4) is 0 Å². The van der Waals surface area contributed by atoms with Crippen molar-refractivity contribution in [2.75, 3.05) is 13.2 Å². The lowest BCUT2D eigenvalue weighted by atomic mass is 10.2. The Morgan fingerprint density at radius 1 is 1.50 bits per heavy atom. The maximum absolute atomic E-state index is 13.6. The summed E-state index contributed by atoms with van der Waals surface area (Å²) >= 11 is 3.02. The number of nitrogens with zero attached hydrogens (tertiary/aromatic N) is 1. The van der Waals surface area contributed by atoms with Crippen molar-refractivity contribution in [2.45, 2.75) is 37.3 Å². The van der Waals surface area contributed by atoms with E-state index in [-0.39, 0.29) is 21.5 Å². The van der Waals surface area contributed by atoms with Crippen molar-refractivity contribution in [3.8, 4) is 0 Å². The first-order valence-corrected chi connectivity index (χ1v) is 8.68. The van der Waals surface area contributed by atoms with Crippen molar-refractivity contribution in [3.63, 3.8) is 0 Å². The Labute approximate surface area is 127 Å². The molecule has 2 atom stereocenters. The Bertz CT molecular complexity index is 593. The number of hydrogen-bond acceptors (Lipinski definition) is 3. The van der Waals surface area contributed by atoms with Crippen LogP contribution >= 0.6 is 15.9 Å². The van der Waals surface area contributed by atoms with E-state index in [4.69, 9.17) is 4.74 Å². The van der Waals surface area contributed by atoms with Crippen molar-refractivity contribution in [2.24, 2.45) is 0 Å². The van der Waals surface area contributed by atoms with Gasteiger partial charge in [0.05, 0.1) is 22.1 Å². The van der Waals surface area contributed by atoms with Gasteiger partial charge in [-0.3, -0.25) is 0 Å². The van der Waals surface area contributed by atoms with Gasteiger partial charge in [-0.1, -0.05) is 6.92 Å². The summed E-state index contributed by atoms with van der Waals surface area (Å²) in [5.74, 6) is -0.583. The fourth-order valence-corrected chi connectivity index (χ4v) is 4.22. The predicted molar refractivity (Wildman–Crippen MR) is 77.5 cm³/mol. The molecule has 0 aliphatic carbocycles. The Hall–Kier alpha value is -0.500. The lowest BCUT2D eigenvalue weighted by molar-refractivity contribution is -0.0230. The van der Waals surface area contributed by atoms with Crippen molar-refractivity contribution in [1.29, 1.82) is 0 Å². The summed E-state index contributed by atoms with van der Waals surface area (Å²) in [6, 6.07) is 3.66. The second kappa shape index (κ2) is 6.09. The van der Waals surface area contributed by atoms with Crippen LogP contribution in [-0.2, 0) is 14.8 Å². The average Bonchev–Trinajstić information content (AvgIpc) is 2.41. The zero-order valence-electron chi connectivity index (χ0n) is 11.3. The van der Waals surface area contributed by atoms with Gasteiger partial charge in [0.15, 0.2) is 0 Å². The van der Waals surface area contributed by atoms with E-state index in [1.54, 1.807) is 0 Å². The van der Waals surface area contributed by atoms with Crippen LogP contribution in [-0.4, -0.2) is 38.0 Å². The molecule has 0 aromatic heterocycles. The molecule has 1 aliphatic rings. The van der Waals surface area contributed by atoms with E-state index < -0.39 is 15.8 Å². The second-order valence-corrected chi connectivity index (χ2v) is 7.60. The molecule has 1 fully saturated rings. The minimum absolute atomic E-state index is 0.0225. The van der Waals surface area contributed by atoms with Crippen LogP contribution in [0, 0.1) is 5.82 Å². The number of benzene rings is 1. The van der Waals surface area contributed by atoms with Crippen LogP contribution < -0.4 is 0 Å². The lowest BCUT2D eigenvalue weighted by Crippen LogP contribution is -2.51. The molecule has 7 heteroatoms. The molecule has 1 aromatic carbocycles. The van der Waals surface area contributed by atoms with Gasteiger partial charge in [-0.15, -0.1) is 0 Å². The average molecular weight is 366 g/mol. The Balaban J connectivity index is 2.39. The molecule has 4 nitrogen and oxygen atoms in total. The summed E-state index contributed by atoms with van der Waals surface area (Å²) in [4.78, 5) is -0.0225. The summed E-state index contributed by atoms with van der Waals surface area (Å²) < 4.78 is 46.1. The van der Waals surface area contributed by atoms with Gasteiger partial charge in [-0.25, -0.2) is 12.8 Å². The smallest absolute Gasteiger partial charge is 0.243 e. The Morgan fingerprint density at radius 2 is 2.20 bits per heavy atom. The molecule has 2 unspecified atom stereocenters. The number of hydrogen-bond donors (Lipinski definition) is 0. The quantitative estimate of drug-likeness (QED) is 0.827. The fourth-order valence-electron chi connectivity index (χ4n) is 2.20. The third kappa shape index (κ3) is 3.05. The first kappa shape index (κ1) is 15.9. The van der Waals surface area contributed by atoms with Crippen LogP contribution in [0.25, 0.3) is 0 Å². The largest absolute Gasteiger partial charge is 0.375 e. The molecule has 1 saturated heterocycles. The monoisotopic (exact) mass is 365 g/mol. The third-order valence-electron chi connectivity index (χ3n) is 3.39. The van der Waals surface area contributed by atoms with E-state index >= 15 is 0 Å². The molecule has 112 valence electrons. The van der Waals surface area contributed by atoms with Gasteiger partial charge >= 0.3 is 0 Å². The Kier molecular flexibility index (Phi) is 4.84. The van der Waals surface area contributed by atoms with E-state index in [0.717, 1.165) is 6.07 Å². The third-order valence-corrected chi connectivity index (χ3v) is 5.94. The van der Waals surface area contributed by atoms with Gasteiger partial charge in [-0.05, 0) is 47.5 Å². The maximum Gasteiger partial charge on any atom is 0.243 e. The second-order valence-electron chi connectivity index (χ2n) is 4.86. The first-order valence-electron chi connectivity index (χ1n) is 6.44. The molecular formula is C13H17BrFNO3S. The molecular weight excluding hydrogens is 349 g/mol. The van der Waals surface area contributed by atoms with Crippen LogP contribution in [0.5, 0.6) is 0 Å². The van der Waals surface area contributed by atoms with E-state index in [2.05, 4.69) is 15.9 Å². The molecule has 1 aliphatic heterocycles. The van der Waals surface area contributed by atoms with Gasteiger partial charge in [0.25, 0.3) is 0 Å². The van der Waals surface area contributed by atoms with E-state index in [9.17, 15) is 12.8 Å². The lowest BCUT2D eigenvalue weighted by Gasteiger charge is -2.37. The van der Waals surface area contributed by atoms with Gasteiger partial charge in [0.2, 0.25) is 10.0 Å². The standard InChI is InChI=1S/C13H17BrFNO3S/c1-3-10-8-19-9(2)7-16(10)20(17,18)11-4-5-12(14)13(15)6-11/h4-6,9-10H,3,7-8H2,1-2H3. The minimum Gasteiger partial charge on any atom is -0.375 e. The molecule has 0 radical (unpaired) electrons. The zero-order valence-corrected chi connectivity index (χ0v) is 13.7. The highest BCUT2D eigenvalue weighted by molar-refractivity contribution is 9.10. The summed E-state index contributed by atoms with van der Waals surface area (Å²) in [7, 11) is -3.70. The molecule has 0 saturated carbocycles. The Morgan fingerprint density at radius 3 is 2.80 bits per heavy atom. The molecule has 0 spiro atoms. The molecule has 20 heavy (non-hydrogen) atoms. The van der Waals surface area contributed by atoms with Gasteiger partial charge in [0.1, 0.15) is 5.82 Å². The van der Waals surface area contributed by atoms with E-state index in [0.29, 0.717) is 19.6 Å². The molecule has 1 aromatic rings. The van der Waals surface area contributed by atoms with Gasteiger partial charge in [-0.2, -0.15) is 4.31 Å². The molecule has 0 N–H and O–H groups in total. The predicted octanol–water partition coefficient (Wildman–Crippen LogP) is 2.78. The summed E-state index contributed by atoms with van der Waals surface area (Å²) in [6.45, 7) is 4.40. The van der Waals surface area contributed by atoms with Crippen molar-refractivity contribution < 1.29 is 17.5 Å². The number of halogens is 2. The van der Waals surface area contributed by atoms with Crippen LogP contribution in [0.1, 0.15) is 20.3 Å². The highest BCUT2D eigenvalue weighted by Gasteiger charge is 2.35. The normalized spacial score (nSPS) is 24.8. The SMILES string of the molecule is CCC1COC(C)CN1S(=O)(=O)c1ccc(Br)c(F)c1. The molecule has 1 heterocycles. The van der Waals surface area contributed by atoms with Crippen molar-refractivity contribution in [3.05, 3.63) is 28.5 Å². The van der Waals surface area contributed by atoms with Crippen molar-refractivity contribution in [1.82, 2.24) is 4.31 Å². The first-order chi connectivity index (χ1) is 9.36. The highest BCUT2D eigenvalue weighted by atomic mass is 79.9. The zero-order chi connectivity index (χ0) is 14.9. The molecule has 2 rings (SSSR count). The summed E-state index contributed by atoms with van der Waals surface area (Å²) in [5, 5.41) is 0. The number of sulfonamides is 1. The number of rotatable bonds is 3. The molecule has 0 bridgehead atoms. The van der Waals surface area contributed by atoms with Crippen LogP contribution in [0.15, 0.2) is 27.6 Å². The topological polar surface area (TPSA) is 46.6 Å². The van der Waals surface area contributed by atoms with E-state index in [1.807, 2.05) is 13.8 Å². The fraction of sp³-hybridized carbons (Fsp3) is 0.538. The maximum atomic E-state index is 13.6. The number of ether oxygens (including phenoxy) is 1. The van der Waals surface area contributed by atoms with Gasteiger partial charge < -0.3 is 4.74 Å². The number of morpholine rings is 1. The summed E-state index contributed by atoms with van der Waals surface area (Å²) in [5.41, 5.74) is 0. The minimum atomic E-state index is -3.70. The highest BCUT2D eigenvalue weighted by Crippen LogP contribution is 2.26. The summed E-state index contributed by atoms with van der Waals surface area (Å²) in [6.07, 6.45) is 0.498.